The van der Waals surface area contributed by atoms with Gasteiger partial charge in [0.25, 0.3) is 0 Å². The Labute approximate surface area is 126 Å². The maximum Gasteiger partial charge on any atom is 0.241 e. The Morgan fingerprint density at radius 3 is 2.60 bits per heavy atom. The summed E-state index contributed by atoms with van der Waals surface area (Å²) in [5.74, 6) is 0.422. The van der Waals surface area contributed by atoms with Crippen LogP contribution in [0.4, 0.5) is 0 Å². The van der Waals surface area contributed by atoms with E-state index in [9.17, 15) is 8.42 Å². The number of nitrogens with one attached hydrogen (secondary N) is 2. The maximum absolute atomic E-state index is 12.4. The van der Waals surface area contributed by atoms with Crippen LogP contribution in [0.25, 0.3) is 0 Å². The van der Waals surface area contributed by atoms with Crippen LogP contribution < -0.4 is 10.0 Å². The predicted octanol–water partition coefficient (Wildman–Crippen LogP) is 2.44. The van der Waals surface area contributed by atoms with Crippen molar-refractivity contribution in [2.24, 2.45) is 5.92 Å². The molecular formula is C14H21ClN2O2S. The molecule has 1 aliphatic rings. The van der Waals surface area contributed by atoms with E-state index in [0.717, 1.165) is 24.1 Å². The number of halogens is 1. The van der Waals surface area contributed by atoms with E-state index >= 15 is 0 Å². The first-order valence-corrected chi connectivity index (χ1v) is 8.73. The molecular weight excluding hydrogens is 296 g/mol. The van der Waals surface area contributed by atoms with Crippen molar-refractivity contribution in [1.29, 1.82) is 0 Å². The summed E-state index contributed by atoms with van der Waals surface area (Å²) in [6, 6.07) is 3.41. The van der Waals surface area contributed by atoms with Crippen LogP contribution in [-0.4, -0.2) is 21.0 Å². The second kappa shape index (κ2) is 6.02. The fourth-order valence-corrected chi connectivity index (χ4v) is 4.16. The van der Waals surface area contributed by atoms with Crippen LogP contribution in [0.1, 0.15) is 31.4 Å². The normalized spacial score (nSPS) is 22.0. The van der Waals surface area contributed by atoms with Crippen molar-refractivity contribution >= 4 is 21.6 Å². The molecule has 2 atom stereocenters. The topological polar surface area (TPSA) is 58.2 Å². The van der Waals surface area contributed by atoms with Gasteiger partial charge in [0.05, 0.1) is 4.90 Å². The van der Waals surface area contributed by atoms with Crippen molar-refractivity contribution in [3.05, 3.63) is 28.3 Å². The third-order valence-electron chi connectivity index (χ3n) is 3.70. The van der Waals surface area contributed by atoms with Crippen molar-refractivity contribution < 1.29 is 8.42 Å². The molecule has 0 radical (unpaired) electrons. The Kier molecular flexibility index (Phi) is 4.74. The van der Waals surface area contributed by atoms with Gasteiger partial charge in [0.15, 0.2) is 0 Å². The summed E-state index contributed by atoms with van der Waals surface area (Å²) in [6.07, 6.45) is 0.906. The lowest BCUT2D eigenvalue weighted by Gasteiger charge is -2.14. The van der Waals surface area contributed by atoms with Crippen LogP contribution in [0.3, 0.4) is 0 Å². The minimum absolute atomic E-state index is 0.0654. The zero-order valence-corrected chi connectivity index (χ0v) is 13.6. The minimum Gasteiger partial charge on any atom is -0.313 e. The van der Waals surface area contributed by atoms with Crippen LogP contribution in [0.15, 0.2) is 17.0 Å². The van der Waals surface area contributed by atoms with Crippen LogP contribution in [0.5, 0.6) is 0 Å². The quantitative estimate of drug-likeness (QED) is 0.847. The Morgan fingerprint density at radius 1 is 1.40 bits per heavy atom. The molecule has 0 amide bonds. The summed E-state index contributed by atoms with van der Waals surface area (Å²) >= 11 is 6.07. The first-order valence-electron chi connectivity index (χ1n) is 6.87. The van der Waals surface area contributed by atoms with Crippen molar-refractivity contribution in [2.45, 2.75) is 44.7 Å². The van der Waals surface area contributed by atoms with Gasteiger partial charge in [-0.05, 0) is 49.1 Å². The van der Waals surface area contributed by atoms with Crippen molar-refractivity contribution in [3.8, 4) is 0 Å². The number of sulfonamides is 1. The van der Waals surface area contributed by atoms with Crippen LogP contribution >= 0.6 is 11.6 Å². The number of rotatable bonds is 6. The van der Waals surface area contributed by atoms with Gasteiger partial charge >= 0.3 is 0 Å². The van der Waals surface area contributed by atoms with E-state index in [2.05, 4.69) is 10.0 Å². The Balaban J connectivity index is 2.32. The van der Waals surface area contributed by atoms with Gasteiger partial charge < -0.3 is 5.32 Å². The van der Waals surface area contributed by atoms with E-state index in [1.807, 2.05) is 26.8 Å². The van der Waals surface area contributed by atoms with Crippen molar-refractivity contribution in [1.82, 2.24) is 10.0 Å². The predicted molar refractivity (Wildman–Crippen MR) is 81.5 cm³/mol. The highest BCUT2D eigenvalue weighted by Crippen LogP contribution is 2.32. The average molecular weight is 317 g/mol. The summed E-state index contributed by atoms with van der Waals surface area (Å²) < 4.78 is 27.6. The van der Waals surface area contributed by atoms with Gasteiger partial charge in [0, 0.05) is 17.6 Å². The SMILES string of the molecule is CCNCc1cc(Cl)cc(S(=O)(=O)NC2CC2C)c1C. The van der Waals surface area contributed by atoms with E-state index in [-0.39, 0.29) is 10.9 Å². The Hall–Kier alpha value is -0.620. The van der Waals surface area contributed by atoms with E-state index in [1.165, 1.54) is 6.07 Å². The fraction of sp³-hybridized carbons (Fsp3) is 0.571. The molecule has 0 saturated heterocycles. The summed E-state index contributed by atoms with van der Waals surface area (Å²) in [5, 5.41) is 3.65. The number of hydrogen-bond donors (Lipinski definition) is 2. The summed E-state index contributed by atoms with van der Waals surface area (Å²) in [7, 11) is -3.49. The van der Waals surface area contributed by atoms with Gasteiger partial charge in [-0.15, -0.1) is 0 Å². The third kappa shape index (κ3) is 3.52. The molecule has 112 valence electrons. The molecule has 4 nitrogen and oxygen atoms in total. The van der Waals surface area contributed by atoms with Crippen molar-refractivity contribution in [2.75, 3.05) is 6.54 Å². The summed E-state index contributed by atoms with van der Waals surface area (Å²) in [4.78, 5) is 0.289. The van der Waals surface area contributed by atoms with Gasteiger partial charge in [-0.1, -0.05) is 25.4 Å². The lowest BCUT2D eigenvalue weighted by atomic mass is 10.1. The first-order chi connectivity index (χ1) is 9.35. The molecule has 0 aromatic heterocycles. The monoisotopic (exact) mass is 316 g/mol. The number of benzene rings is 1. The zero-order valence-electron chi connectivity index (χ0n) is 12.0. The highest BCUT2D eigenvalue weighted by Gasteiger charge is 2.37. The lowest BCUT2D eigenvalue weighted by molar-refractivity contribution is 0.577. The molecule has 0 spiro atoms. The molecule has 1 aliphatic carbocycles. The third-order valence-corrected chi connectivity index (χ3v) is 5.54. The van der Waals surface area contributed by atoms with Gasteiger partial charge in [0.1, 0.15) is 0 Å². The summed E-state index contributed by atoms with van der Waals surface area (Å²) in [6.45, 7) is 7.31. The Bertz CT molecular complexity index is 601. The van der Waals surface area contributed by atoms with E-state index in [4.69, 9.17) is 11.6 Å². The van der Waals surface area contributed by atoms with Gasteiger partial charge in [0.2, 0.25) is 10.0 Å². The van der Waals surface area contributed by atoms with Crippen LogP contribution in [0, 0.1) is 12.8 Å². The van der Waals surface area contributed by atoms with Crippen LogP contribution in [-0.2, 0) is 16.6 Å². The maximum atomic E-state index is 12.4. The molecule has 0 heterocycles. The molecule has 1 aromatic carbocycles. The Morgan fingerprint density at radius 2 is 2.05 bits per heavy atom. The minimum atomic E-state index is -3.49. The highest BCUT2D eigenvalue weighted by molar-refractivity contribution is 7.89. The largest absolute Gasteiger partial charge is 0.313 e. The molecule has 1 fully saturated rings. The van der Waals surface area contributed by atoms with E-state index in [0.29, 0.717) is 17.5 Å². The van der Waals surface area contributed by atoms with Gasteiger partial charge in [-0.3, -0.25) is 0 Å². The smallest absolute Gasteiger partial charge is 0.241 e. The van der Waals surface area contributed by atoms with Crippen molar-refractivity contribution in [3.63, 3.8) is 0 Å². The van der Waals surface area contributed by atoms with E-state index in [1.54, 1.807) is 0 Å². The molecule has 0 aliphatic heterocycles. The fourth-order valence-electron chi connectivity index (χ4n) is 2.18. The van der Waals surface area contributed by atoms with E-state index < -0.39 is 10.0 Å². The van der Waals surface area contributed by atoms with Gasteiger partial charge in [-0.25, -0.2) is 13.1 Å². The number of hydrogen-bond acceptors (Lipinski definition) is 3. The molecule has 2 unspecified atom stereocenters. The standard InChI is InChI=1S/C14H21ClN2O2S/c1-4-16-8-11-6-12(15)7-14(10(11)3)20(18,19)17-13-5-9(13)2/h6-7,9,13,16-17H,4-5,8H2,1-3H3. The highest BCUT2D eigenvalue weighted by atomic mass is 35.5. The first kappa shape index (κ1) is 15.8. The molecule has 2 rings (SSSR count). The molecule has 6 heteroatoms. The second-order valence-electron chi connectivity index (χ2n) is 5.41. The van der Waals surface area contributed by atoms with Crippen LogP contribution in [0.2, 0.25) is 5.02 Å². The second-order valence-corrected chi connectivity index (χ2v) is 7.53. The molecule has 20 heavy (non-hydrogen) atoms. The average Bonchev–Trinajstić information content (AvgIpc) is 3.04. The molecule has 0 bridgehead atoms. The lowest BCUT2D eigenvalue weighted by Crippen LogP contribution is -2.28. The molecule has 1 saturated carbocycles. The summed E-state index contributed by atoms with van der Waals surface area (Å²) in [5.41, 5.74) is 1.68. The zero-order chi connectivity index (χ0) is 14.9. The molecule has 2 N–H and O–H groups in total. The molecule has 1 aromatic rings. The van der Waals surface area contributed by atoms with Gasteiger partial charge in [-0.2, -0.15) is 0 Å².